The number of pyridine rings is 1. The van der Waals surface area contributed by atoms with Crippen molar-refractivity contribution in [1.29, 1.82) is 0 Å². The third-order valence-electron chi connectivity index (χ3n) is 1.78. The van der Waals surface area contributed by atoms with E-state index in [1.54, 1.807) is 0 Å². The van der Waals surface area contributed by atoms with Crippen LogP contribution in [0.5, 0.6) is 0 Å². The van der Waals surface area contributed by atoms with E-state index in [1.165, 1.54) is 13.0 Å². The highest BCUT2D eigenvalue weighted by atomic mass is 35.5. The third-order valence-corrected chi connectivity index (χ3v) is 2.05. The van der Waals surface area contributed by atoms with Crippen LogP contribution in [0.1, 0.15) is 23.2 Å². The molecule has 0 aliphatic carbocycles. The van der Waals surface area contributed by atoms with Crippen molar-refractivity contribution in [2.75, 3.05) is 5.73 Å². The number of nitrogen functional groups attached to an aromatic ring is 1. The molecule has 0 aliphatic heterocycles. The predicted molar refractivity (Wildman–Crippen MR) is 47.9 cm³/mol. The fraction of sp³-hybridized carbons (Fsp3) is 0.375. The quantitative estimate of drug-likeness (QED) is 0.756. The van der Waals surface area contributed by atoms with Crippen LogP contribution in [-0.2, 0) is 5.88 Å². The van der Waals surface area contributed by atoms with Crippen LogP contribution in [0, 0.1) is 6.92 Å². The number of hydrogen-bond acceptors (Lipinski definition) is 2. The minimum absolute atomic E-state index is 0.0875. The first-order valence-electron chi connectivity index (χ1n) is 3.66. The van der Waals surface area contributed by atoms with Gasteiger partial charge in [-0.05, 0) is 13.0 Å². The molecule has 2 N–H and O–H groups in total. The molecule has 1 rings (SSSR count). The van der Waals surface area contributed by atoms with Gasteiger partial charge in [0.15, 0.2) is 0 Å². The highest BCUT2D eigenvalue weighted by Crippen LogP contribution is 2.26. The maximum Gasteiger partial charge on any atom is 0.264 e. The van der Waals surface area contributed by atoms with Gasteiger partial charge in [-0.3, -0.25) is 0 Å². The van der Waals surface area contributed by atoms with E-state index in [0.29, 0.717) is 11.3 Å². The van der Waals surface area contributed by atoms with Gasteiger partial charge in [-0.1, -0.05) is 0 Å². The molecule has 1 heterocycles. The Morgan fingerprint density at radius 2 is 2.23 bits per heavy atom. The minimum Gasteiger partial charge on any atom is -0.383 e. The van der Waals surface area contributed by atoms with Crippen molar-refractivity contribution < 1.29 is 8.78 Å². The van der Waals surface area contributed by atoms with Crippen molar-refractivity contribution in [2.45, 2.75) is 19.2 Å². The summed E-state index contributed by atoms with van der Waals surface area (Å²) in [6, 6.07) is 1.28. The molecule has 1 aromatic rings. The van der Waals surface area contributed by atoms with E-state index in [1.807, 2.05) is 0 Å². The third kappa shape index (κ3) is 2.06. The Labute approximate surface area is 79.7 Å². The number of nitrogens with zero attached hydrogens (tertiary/aromatic N) is 1. The Bertz CT molecular complexity index is 315. The maximum absolute atomic E-state index is 12.4. The second-order valence-corrected chi connectivity index (χ2v) is 2.91. The smallest absolute Gasteiger partial charge is 0.264 e. The number of aromatic nitrogens is 1. The van der Waals surface area contributed by atoms with Crippen molar-refractivity contribution in [3.8, 4) is 0 Å². The maximum atomic E-state index is 12.4. The molecular formula is C8H9ClF2N2. The number of alkyl halides is 3. The molecule has 0 fully saturated rings. The summed E-state index contributed by atoms with van der Waals surface area (Å²) in [6.07, 6.45) is -2.53. The van der Waals surface area contributed by atoms with E-state index in [0.717, 1.165) is 0 Å². The van der Waals surface area contributed by atoms with Gasteiger partial charge in [0, 0.05) is 11.1 Å². The first kappa shape index (κ1) is 10.2. The summed E-state index contributed by atoms with van der Waals surface area (Å²) in [5.74, 6) is 0.206. The summed E-state index contributed by atoms with van der Waals surface area (Å²) in [6.45, 7) is 1.52. The number of hydrogen-bond donors (Lipinski definition) is 1. The minimum atomic E-state index is -2.53. The summed E-state index contributed by atoms with van der Waals surface area (Å²) in [5, 5.41) is 0. The molecule has 2 nitrogen and oxygen atoms in total. The van der Waals surface area contributed by atoms with Gasteiger partial charge in [0.05, 0.1) is 11.6 Å². The van der Waals surface area contributed by atoms with Crippen LogP contribution < -0.4 is 5.73 Å². The van der Waals surface area contributed by atoms with Gasteiger partial charge in [0.1, 0.15) is 5.82 Å². The molecule has 0 atom stereocenters. The number of rotatable bonds is 2. The molecule has 0 amide bonds. The molecule has 0 saturated heterocycles. The number of nitrogens with two attached hydrogens (primary N) is 1. The second-order valence-electron chi connectivity index (χ2n) is 2.65. The first-order chi connectivity index (χ1) is 6.06. The van der Waals surface area contributed by atoms with Gasteiger partial charge in [0.25, 0.3) is 6.43 Å². The molecule has 0 radical (unpaired) electrons. The van der Waals surface area contributed by atoms with Crippen molar-refractivity contribution in [1.82, 2.24) is 4.98 Å². The zero-order valence-corrected chi connectivity index (χ0v) is 7.78. The van der Waals surface area contributed by atoms with E-state index in [4.69, 9.17) is 17.3 Å². The lowest BCUT2D eigenvalue weighted by Crippen LogP contribution is -2.02. The Morgan fingerprint density at radius 1 is 1.62 bits per heavy atom. The molecule has 13 heavy (non-hydrogen) atoms. The summed E-state index contributed by atoms with van der Waals surface area (Å²) in [4.78, 5) is 3.85. The molecular weight excluding hydrogens is 198 g/mol. The largest absolute Gasteiger partial charge is 0.383 e. The Morgan fingerprint density at radius 3 is 2.69 bits per heavy atom. The fourth-order valence-electron chi connectivity index (χ4n) is 1.00. The van der Waals surface area contributed by atoms with E-state index in [-0.39, 0.29) is 17.3 Å². The monoisotopic (exact) mass is 206 g/mol. The van der Waals surface area contributed by atoms with Gasteiger partial charge < -0.3 is 5.73 Å². The summed E-state index contributed by atoms with van der Waals surface area (Å²) in [5.41, 5.74) is 6.04. The van der Waals surface area contributed by atoms with Crippen LogP contribution in [0.25, 0.3) is 0 Å². The molecule has 5 heteroatoms. The molecule has 0 unspecified atom stereocenters. The lowest BCUT2D eigenvalue weighted by atomic mass is 10.1. The summed E-state index contributed by atoms with van der Waals surface area (Å²) < 4.78 is 24.8. The molecule has 0 spiro atoms. The molecule has 0 bridgehead atoms. The van der Waals surface area contributed by atoms with Crippen LogP contribution in [0.3, 0.4) is 0 Å². The van der Waals surface area contributed by atoms with Crippen molar-refractivity contribution in [3.63, 3.8) is 0 Å². The zero-order valence-electron chi connectivity index (χ0n) is 7.02. The molecule has 72 valence electrons. The van der Waals surface area contributed by atoms with E-state index in [2.05, 4.69) is 4.98 Å². The topological polar surface area (TPSA) is 38.9 Å². The molecule has 0 aliphatic rings. The SMILES string of the molecule is Cc1c(C(F)F)cc(CCl)nc1N. The van der Waals surface area contributed by atoms with Crippen LogP contribution in [0.15, 0.2) is 6.07 Å². The molecule has 0 saturated carbocycles. The van der Waals surface area contributed by atoms with Gasteiger partial charge >= 0.3 is 0 Å². The highest BCUT2D eigenvalue weighted by molar-refractivity contribution is 6.16. The average molecular weight is 207 g/mol. The van der Waals surface area contributed by atoms with Gasteiger partial charge in [-0.25, -0.2) is 13.8 Å². The summed E-state index contributed by atoms with van der Waals surface area (Å²) >= 11 is 5.46. The Kier molecular flexibility index (Phi) is 3.03. The first-order valence-corrected chi connectivity index (χ1v) is 4.19. The Hall–Kier alpha value is -0.900. The fourth-order valence-corrected chi connectivity index (χ4v) is 1.14. The van der Waals surface area contributed by atoms with Gasteiger partial charge in [0.2, 0.25) is 0 Å². The summed E-state index contributed by atoms with van der Waals surface area (Å²) in [7, 11) is 0. The number of anilines is 1. The van der Waals surface area contributed by atoms with Crippen LogP contribution in [0.2, 0.25) is 0 Å². The lowest BCUT2D eigenvalue weighted by molar-refractivity contribution is 0.150. The van der Waals surface area contributed by atoms with Crippen LogP contribution in [-0.4, -0.2) is 4.98 Å². The normalized spacial score (nSPS) is 10.8. The molecule has 1 aromatic heterocycles. The number of halogens is 3. The lowest BCUT2D eigenvalue weighted by Gasteiger charge is -2.08. The van der Waals surface area contributed by atoms with Crippen molar-refractivity contribution >= 4 is 17.4 Å². The van der Waals surface area contributed by atoms with Gasteiger partial charge in [-0.2, -0.15) is 0 Å². The van der Waals surface area contributed by atoms with E-state index >= 15 is 0 Å². The van der Waals surface area contributed by atoms with E-state index in [9.17, 15) is 8.78 Å². The predicted octanol–water partition coefficient (Wildman–Crippen LogP) is 2.65. The average Bonchev–Trinajstić information content (AvgIpc) is 2.09. The molecule has 0 aromatic carbocycles. The highest BCUT2D eigenvalue weighted by Gasteiger charge is 2.14. The second kappa shape index (κ2) is 3.87. The zero-order chi connectivity index (χ0) is 10.0. The van der Waals surface area contributed by atoms with E-state index < -0.39 is 6.43 Å². The van der Waals surface area contributed by atoms with Crippen molar-refractivity contribution in [2.24, 2.45) is 0 Å². The standard InChI is InChI=1S/C8H9ClF2N2/c1-4-6(7(10)11)2-5(3-9)13-8(4)12/h2,7H,3H2,1H3,(H2,12,13). The van der Waals surface area contributed by atoms with Crippen molar-refractivity contribution in [3.05, 3.63) is 22.9 Å². The Balaban J connectivity index is 3.25. The van der Waals surface area contributed by atoms with Crippen LogP contribution >= 0.6 is 11.6 Å². The van der Waals surface area contributed by atoms with Gasteiger partial charge in [-0.15, -0.1) is 11.6 Å². The van der Waals surface area contributed by atoms with Crippen LogP contribution in [0.4, 0.5) is 14.6 Å².